The van der Waals surface area contributed by atoms with Crippen molar-refractivity contribution in [2.75, 3.05) is 5.73 Å². The minimum absolute atomic E-state index is 0.264. The summed E-state index contributed by atoms with van der Waals surface area (Å²) >= 11 is 2.03. The Hall–Kier alpha value is -2.32. The Morgan fingerprint density at radius 1 is 1.21 bits per heavy atom. The molecule has 0 bridgehead atoms. The maximum Gasteiger partial charge on any atom is 0.220 e. The maximum absolute atomic E-state index is 8.84. The van der Waals surface area contributed by atoms with Gasteiger partial charge < -0.3 is 10.5 Å². The molecule has 0 unspecified atom stereocenters. The summed E-state index contributed by atoms with van der Waals surface area (Å²) < 4.78 is 6.28. The summed E-state index contributed by atoms with van der Waals surface area (Å²) in [6.45, 7) is 0. The lowest BCUT2D eigenvalue weighted by atomic mass is 10.2. The zero-order chi connectivity index (χ0) is 13.8. The van der Waals surface area contributed by atoms with Crippen LogP contribution in [0, 0.1) is 26.2 Å². The van der Waals surface area contributed by atoms with Gasteiger partial charge in [0.1, 0.15) is 11.8 Å². The molecule has 0 amide bonds. The SMILES string of the molecule is N#Cc1cc(N)c(Oc2cccc(C#N)n2)c(I)c1. The first-order valence-corrected chi connectivity index (χ1v) is 6.26. The average Bonchev–Trinajstić information content (AvgIpc) is 2.42. The topological polar surface area (TPSA) is 95.7 Å². The smallest absolute Gasteiger partial charge is 0.220 e. The average molecular weight is 362 g/mol. The van der Waals surface area contributed by atoms with Crippen molar-refractivity contribution in [2.45, 2.75) is 0 Å². The van der Waals surface area contributed by atoms with Gasteiger partial charge in [0.15, 0.2) is 5.75 Å². The lowest BCUT2D eigenvalue weighted by Crippen LogP contribution is -1.97. The number of benzene rings is 1. The van der Waals surface area contributed by atoms with E-state index in [4.69, 9.17) is 21.0 Å². The van der Waals surface area contributed by atoms with E-state index in [9.17, 15) is 0 Å². The lowest BCUT2D eigenvalue weighted by molar-refractivity contribution is 0.461. The zero-order valence-corrected chi connectivity index (χ0v) is 11.7. The second-order valence-corrected chi connectivity index (χ2v) is 4.73. The first-order chi connectivity index (χ1) is 9.13. The molecule has 19 heavy (non-hydrogen) atoms. The number of pyridine rings is 1. The summed E-state index contributed by atoms with van der Waals surface area (Å²) in [5, 5.41) is 17.6. The number of ether oxygens (including phenoxy) is 1. The van der Waals surface area contributed by atoms with Crippen LogP contribution < -0.4 is 10.5 Å². The molecule has 0 radical (unpaired) electrons. The van der Waals surface area contributed by atoms with Gasteiger partial charge in [-0.1, -0.05) is 6.07 Å². The van der Waals surface area contributed by atoms with Crippen LogP contribution in [0.4, 0.5) is 5.69 Å². The third-order valence-electron chi connectivity index (χ3n) is 2.25. The molecule has 2 aromatic rings. The molecule has 0 spiro atoms. The van der Waals surface area contributed by atoms with Gasteiger partial charge >= 0.3 is 0 Å². The molecule has 2 N–H and O–H groups in total. The van der Waals surface area contributed by atoms with E-state index in [1.54, 1.807) is 24.3 Å². The minimum atomic E-state index is 0.264. The number of hydrogen-bond acceptors (Lipinski definition) is 5. The number of nitrogens with zero attached hydrogens (tertiary/aromatic N) is 3. The van der Waals surface area contributed by atoms with Crippen molar-refractivity contribution in [1.82, 2.24) is 4.98 Å². The highest BCUT2D eigenvalue weighted by Gasteiger charge is 2.10. The largest absolute Gasteiger partial charge is 0.436 e. The van der Waals surface area contributed by atoms with Gasteiger partial charge in [0.25, 0.3) is 0 Å². The molecule has 0 aliphatic carbocycles. The van der Waals surface area contributed by atoms with E-state index >= 15 is 0 Å². The van der Waals surface area contributed by atoms with E-state index in [0.717, 1.165) is 0 Å². The minimum Gasteiger partial charge on any atom is -0.436 e. The monoisotopic (exact) mass is 362 g/mol. The normalized spacial score (nSPS) is 9.42. The number of nitriles is 2. The van der Waals surface area contributed by atoms with Gasteiger partial charge in [-0.3, -0.25) is 0 Å². The molecule has 1 heterocycles. The molecule has 92 valence electrons. The van der Waals surface area contributed by atoms with Crippen molar-refractivity contribution in [3.05, 3.63) is 45.2 Å². The van der Waals surface area contributed by atoms with Gasteiger partial charge in [-0.15, -0.1) is 0 Å². The van der Waals surface area contributed by atoms with Crippen LogP contribution in [0.2, 0.25) is 0 Å². The van der Waals surface area contributed by atoms with Crippen LogP contribution in [0.15, 0.2) is 30.3 Å². The predicted octanol–water partition coefficient (Wildman–Crippen LogP) is 2.80. The van der Waals surface area contributed by atoms with E-state index in [1.165, 1.54) is 6.07 Å². The Morgan fingerprint density at radius 2 is 2.00 bits per heavy atom. The molecule has 6 heteroatoms. The van der Waals surface area contributed by atoms with E-state index in [1.807, 2.05) is 34.7 Å². The van der Waals surface area contributed by atoms with Crippen molar-refractivity contribution in [3.63, 3.8) is 0 Å². The lowest BCUT2D eigenvalue weighted by Gasteiger charge is -2.10. The van der Waals surface area contributed by atoms with Crippen LogP contribution in [0.5, 0.6) is 11.6 Å². The van der Waals surface area contributed by atoms with Crippen LogP contribution in [0.1, 0.15) is 11.3 Å². The highest BCUT2D eigenvalue weighted by Crippen LogP contribution is 2.32. The van der Waals surface area contributed by atoms with Crippen molar-refractivity contribution in [2.24, 2.45) is 0 Å². The Labute approximate surface area is 123 Å². The standard InChI is InChI=1S/C13H7IN4O/c14-10-4-8(6-15)5-11(17)13(10)19-12-3-1-2-9(7-16)18-12/h1-5H,17H2. The number of halogens is 1. The van der Waals surface area contributed by atoms with E-state index in [2.05, 4.69) is 4.98 Å². The number of aromatic nitrogens is 1. The first kappa shape index (κ1) is 13.1. The van der Waals surface area contributed by atoms with Crippen molar-refractivity contribution in [3.8, 4) is 23.8 Å². The van der Waals surface area contributed by atoms with Gasteiger partial charge in [-0.05, 0) is 40.8 Å². The Bertz CT molecular complexity index is 692. The molecule has 5 nitrogen and oxygen atoms in total. The highest BCUT2D eigenvalue weighted by atomic mass is 127. The molecule has 0 fully saturated rings. The molecule has 1 aromatic heterocycles. The number of anilines is 1. The summed E-state index contributed by atoms with van der Waals surface area (Å²) in [7, 11) is 0. The van der Waals surface area contributed by atoms with Crippen LogP contribution in [-0.2, 0) is 0 Å². The maximum atomic E-state index is 8.84. The summed E-state index contributed by atoms with van der Waals surface area (Å²) in [4.78, 5) is 4.00. The summed E-state index contributed by atoms with van der Waals surface area (Å²) in [5.74, 6) is 0.718. The second-order valence-electron chi connectivity index (χ2n) is 3.56. The Morgan fingerprint density at radius 3 is 2.63 bits per heavy atom. The van der Waals surface area contributed by atoms with Crippen molar-refractivity contribution < 1.29 is 4.74 Å². The summed E-state index contributed by atoms with van der Waals surface area (Å²) in [6.07, 6.45) is 0. The van der Waals surface area contributed by atoms with Gasteiger partial charge in [0, 0.05) is 6.07 Å². The number of nitrogens with two attached hydrogens (primary N) is 1. The fraction of sp³-hybridized carbons (Fsp3) is 0. The number of nitrogen functional groups attached to an aromatic ring is 1. The second kappa shape index (κ2) is 5.55. The molecular formula is C13H7IN4O. The molecule has 0 saturated heterocycles. The fourth-order valence-electron chi connectivity index (χ4n) is 1.43. The molecule has 0 saturated carbocycles. The van der Waals surface area contributed by atoms with E-state index in [-0.39, 0.29) is 11.6 Å². The van der Waals surface area contributed by atoms with Crippen LogP contribution >= 0.6 is 22.6 Å². The van der Waals surface area contributed by atoms with Crippen LogP contribution in [0.3, 0.4) is 0 Å². The van der Waals surface area contributed by atoms with E-state index in [0.29, 0.717) is 20.6 Å². The zero-order valence-electron chi connectivity index (χ0n) is 9.59. The van der Waals surface area contributed by atoms with Gasteiger partial charge in [0.05, 0.1) is 20.9 Å². The molecule has 0 atom stereocenters. The van der Waals surface area contributed by atoms with Crippen molar-refractivity contribution >= 4 is 28.3 Å². The third kappa shape index (κ3) is 2.92. The van der Waals surface area contributed by atoms with Crippen molar-refractivity contribution in [1.29, 1.82) is 10.5 Å². The first-order valence-electron chi connectivity index (χ1n) is 5.18. The fourth-order valence-corrected chi connectivity index (χ4v) is 2.18. The Balaban J connectivity index is 2.39. The molecule has 0 aliphatic rings. The van der Waals surface area contributed by atoms with Gasteiger partial charge in [-0.2, -0.15) is 10.5 Å². The summed E-state index contributed by atoms with van der Waals surface area (Å²) in [5.41, 5.74) is 6.93. The predicted molar refractivity (Wildman–Crippen MR) is 77.3 cm³/mol. The Kier molecular flexibility index (Phi) is 3.83. The van der Waals surface area contributed by atoms with Crippen LogP contribution in [0.25, 0.3) is 0 Å². The summed E-state index contributed by atoms with van der Waals surface area (Å²) in [6, 6.07) is 12.0. The molecular weight excluding hydrogens is 355 g/mol. The third-order valence-corrected chi connectivity index (χ3v) is 3.05. The highest BCUT2D eigenvalue weighted by molar-refractivity contribution is 14.1. The number of rotatable bonds is 2. The molecule has 0 aliphatic heterocycles. The molecule has 1 aromatic carbocycles. The van der Waals surface area contributed by atoms with E-state index < -0.39 is 0 Å². The quantitative estimate of drug-likeness (QED) is 0.655. The molecule has 2 rings (SSSR count). The van der Waals surface area contributed by atoms with Gasteiger partial charge in [0.2, 0.25) is 5.88 Å². The van der Waals surface area contributed by atoms with Gasteiger partial charge in [-0.25, -0.2) is 4.98 Å². The van der Waals surface area contributed by atoms with Crippen LogP contribution in [-0.4, -0.2) is 4.98 Å². The number of hydrogen-bond donors (Lipinski definition) is 1.